The van der Waals surface area contributed by atoms with Gasteiger partial charge < -0.3 is 10.4 Å². The van der Waals surface area contributed by atoms with E-state index in [0.29, 0.717) is 12.3 Å². The number of aliphatic hydroxyl groups excluding tert-OH is 1. The van der Waals surface area contributed by atoms with E-state index in [4.69, 9.17) is 0 Å². The maximum Gasteiger partial charge on any atom is 0.220 e. The molecule has 2 heterocycles. The molecule has 0 spiro atoms. The summed E-state index contributed by atoms with van der Waals surface area (Å²) in [6, 6.07) is 4.04. The van der Waals surface area contributed by atoms with Gasteiger partial charge in [-0.2, -0.15) is 0 Å². The number of nitrogens with one attached hydrogen (secondary N) is 1. The predicted molar refractivity (Wildman–Crippen MR) is 93.8 cm³/mol. The summed E-state index contributed by atoms with van der Waals surface area (Å²) in [7, 11) is 0. The third-order valence-electron chi connectivity index (χ3n) is 4.69. The first-order chi connectivity index (χ1) is 11.6. The van der Waals surface area contributed by atoms with Gasteiger partial charge in [-0.05, 0) is 56.2 Å². The van der Waals surface area contributed by atoms with Crippen LogP contribution in [0.25, 0.3) is 0 Å². The van der Waals surface area contributed by atoms with Gasteiger partial charge in [0.1, 0.15) is 0 Å². The van der Waals surface area contributed by atoms with Crippen molar-refractivity contribution in [3.05, 3.63) is 46.2 Å². The Kier molecular flexibility index (Phi) is 5.58. The molecule has 2 aromatic heterocycles. The largest absolute Gasteiger partial charge is 0.393 e. The lowest BCUT2D eigenvalue weighted by molar-refractivity contribution is -0.122. The maximum absolute atomic E-state index is 12.4. The number of carbonyl (C=O) groups excluding carboxylic acids is 1. The second-order valence-corrected chi connectivity index (χ2v) is 7.42. The normalized spacial score (nSPS) is 21.1. The number of hydrogen-bond acceptors (Lipinski definition) is 5. The van der Waals surface area contributed by atoms with Gasteiger partial charge in [0.2, 0.25) is 5.91 Å². The van der Waals surface area contributed by atoms with Crippen LogP contribution in [0.1, 0.15) is 35.4 Å². The Morgan fingerprint density at radius 1 is 1.42 bits per heavy atom. The fraction of sp³-hybridized carbons (Fsp3) is 0.500. The van der Waals surface area contributed by atoms with Gasteiger partial charge in [0.05, 0.1) is 17.3 Å². The summed E-state index contributed by atoms with van der Waals surface area (Å²) in [4.78, 5) is 21.8. The monoisotopic (exact) mass is 345 g/mol. The van der Waals surface area contributed by atoms with Gasteiger partial charge in [-0.15, -0.1) is 11.3 Å². The highest BCUT2D eigenvalue weighted by molar-refractivity contribution is 7.09. The molecule has 24 heavy (non-hydrogen) atoms. The van der Waals surface area contributed by atoms with Gasteiger partial charge in [-0.25, -0.2) is 4.98 Å². The van der Waals surface area contributed by atoms with Gasteiger partial charge in [-0.3, -0.25) is 9.78 Å². The maximum atomic E-state index is 12.4. The number of nitrogens with zero attached hydrogens (tertiary/aromatic N) is 2. The van der Waals surface area contributed by atoms with Crippen molar-refractivity contribution >= 4 is 17.2 Å². The van der Waals surface area contributed by atoms with Gasteiger partial charge >= 0.3 is 0 Å². The van der Waals surface area contributed by atoms with Crippen LogP contribution in [0.2, 0.25) is 0 Å². The smallest absolute Gasteiger partial charge is 0.220 e. The molecule has 0 aliphatic heterocycles. The minimum Gasteiger partial charge on any atom is -0.393 e. The summed E-state index contributed by atoms with van der Waals surface area (Å²) >= 11 is 1.60. The molecule has 1 amide bonds. The SMILES string of the molecule is Cc1ncsc1CCC(=O)NC(Cc1ccncc1)C1CC(O)C1. The molecule has 3 rings (SSSR count). The highest BCUT2D eigenvalue weighted by atomic mass is 32.1. The molecule has 1 atom stereocenters. The van der Waals surface area contributed by atoms with E-state index in [-0.39, 0.29) is 18.1 Å². The van der Waals surface area contributed by atoms with Crippen LogP contribution in [0.5, 0.6) is 0 Å². The summed E-state index contributed by atoms with van der Waals surface area (Å²) in [5.41, 5.74) is 4.00. The van der Waals surface area contributed by atoms with Crippen LogP contribution in [-0.4, -0.2) is 33.1 Å². The molecule has 1 saturated carbocycles. The topological polar surface area (TPSA) is 75.1 Å². The van der Waals surface area contributed by atoms with Crippen molar-refractivity contribution in [1.82, 2.24) is 15.3 Å². The average Bonchev–Trinajstić information content (AvgIpc) is 2.95. The second kappa shape index (κ2) is 7.85. The minimum absolute atomic E-state index is 0.0724. The van der Waals surface area contributed by atoms with Crippen LogP contribution >= 0.6 is 11.3 Å². The third kappa shape index (κ3) is 4.39. The Hall–Kier alpha value is -1.79. The van der Waals surface area contributed by atoms with Gasteiger partial charge in [0.25, 0.3) is 0 Å². The van der Waals surface area contributed by atoms with Crippen molar-refractivity contribution in [3.8, 4) is 0 Å². The lowest BCUT2D eigenvalue weighted by Gasteiger charge is -2.38. The molecule has 6 heteroatoms. The molecule has 1 aliphatic rings. The van der Waals surface area contributed by atoms with Crippen LogP contribution in [-0.2, 0) is 17.6 Å². The molecule has 0 bridgehead atoms. The fourth-order valence-electron chi connectivity index (χ4n) is 3.14. The first-order valence-electron chi connectivity index (χ1n) is 8.37. The lowest BCUT2D eigenvalue weighted by atomic mass is 9.75. The molecule has 0 aromatic carbocycles. The summed E-state index contributed by atoms with van der Waals surface area (Å²) in [6.45, 7) is 1.98. The molecule has 2 N–H and O–H groups in total. The standard InChI is InChI=1S/C18H23N3O2S/c1-12-17(24-11-20-12)2-3-18(23)21-16(14-9-15(22)10-14)8-13-4-6-19-7-5-13/h4-7,11,14-16,22H,2-3,8-10H2,1H3,(H,21,23). The van der Waals surface area contributed by atoms with E-state index < -0.39 is 0 Å². The van der Waals surface area contributed by atoms with Crippen molar-refractivity contribution < 1.29 is 9.90 Å². The number of aromatic nitrogens is 2. The van der Waals surface area contributed by atoms with E-state index in [1.807, 2.05) is 24.6 Å². The first kappa shape index (κ1) is 17.0. The number of amides is 1. The Labute approximate surface area is 146 Å². The fourth-order valence-corrected chi connectivity index (χ4v) is 3.92. The number of aryl methyl sites for hydroxylation is 2. The molecule has 1 unspecified atom stereocenters. The summed E-state index contributed by atoms with van der Waals surface area (Å²) in [5.74, 6) is 0.422. The number of hydrogen-bond donors (Lipinski definition) is 2. The van der Waals surface area contributed by atoms with Crippen LogP contribution in [0.4, 0.5) is 0 Å². The van der Waals surface area contributed by atoms with Crippen molar-refractivity contribution in [3.63, 3.8) is 0 Å². The number of carbonyl (C=O) groups is 1. The second-order valence-electron chi connectivity index (χ2n) is 6.48. The lowest BCUT2D eigenvalue weighted by Crippen LogP contribution is -2.48. The number of thiazole rings is 1. The van der Waals surface area contributed by atoms with E-state index in [1.165, 1.54) is 4.88 Å². The van der Waals surface area contributed by atoms with Crippen molar-refractivity contribution in [2.45, 2.75) is 51.2 Å². The molecular weight excluding hydrogens is 322 g/mol. The molecular formula is C18H23N3O2S. The summed E-state index contributed by atoms with van der Waals surface area (Å²) in [5, 5.41) is 12.8. The van der Waals surface area contributed by atoms with Crippen LogP contribution < -0.4 is 5.32 Å². The summed E-state index contributed by atoms with van der Waals surface area (Å²) in [6.07, 6.45) is 6.86. The average molecular weight is 345 g/mol. The van der Waals surface area contributed by atoms with Crippen LogP contribution in [0.3, 0.4) is 0 Å². The highest BCUT2D eigenvalue weighted by Gasteiger charge is 2.34. The molecule has 1 aliphatic carbocycles. The van der Waals surface area contributed by atoms with E-state index in [1.54, 1.807) is 23.7 Å². The van der Waals surface area contributed by atoms with Gasteiger partial charge in [0, 0.05) is 29.7 Å². The zero-order chi connectivity index (χ0) is 16.9. The molecule has 1 fully saturated rings. The highest BCUT2D eigenvalue weighted by Crippen LogP contribution is 2.31. The van der Waals surface area contributed by atoms with Crippen LogP contribution in [0, 0.1) is 12.8 Å². The Balaban J connectivity index is 1.56. The Bertz CT molecular complexity index is 668. The van der Waals surface area contributed by atoms with E-state index in [9.17, 15) is 9.90 Å². The van der Waals surface area contributed by atoms with Gasteiger partial charge in [0.15, 0.2) is 0 Å². The van der Waals surface area contributed by atoms with Crippen LogP contribution in [0.15, 0.2) is 30.0 Å². The van der Waals surface area contributed by atoms with Gasteiger partial charge in [-0.1, -0.05) is 0 Å². The Morgan fingerprint density at radius 3 is 2.79 bits per heavy atom. The zero-order valence-corrected chi connectivity index (χ0v) is 14.6. The van der Waals surface area contributed by atoms with Crippen molar-refractivity contribution in [2.24, 2.45) is 5.92 Å². The molecule has 2 aromatic rings. The first-order valence-corrected chi connectivity index (χ1v) is 9.25. The summed E-state index contributed by atoms with van der Waals surface area (Å²) < 4.78 is 0. The molecule has 0 radical (unpaired) electrons. The van der Waals surface area contributed by atoms with E-state index >= 15 is 0 Å². The number of aliphatic hydroxyl groups is 1. The quantitative estimate of drug-likeness (QED) is 0.807. The van der Waals surface area contributed by atoms with Crippen molar-refractivity contribution in [1.29, 1.82) is 0 Å². The minimum atomic E-state index is -0.216. The molecule has 5 nitrogen and oxygen atoms in total. The molecule has 0 saturated heterocycles. The predicted octanol–water partition coefficient (Wildman–Crippen LogP) is 2.28. The van der Waals surface area contributed by atoms with E-state index in [0.717, 1.165) is 36.9 Å². The van der Waals surface area contributed by atoms with E-state index in [2.05, 4.69) is 15.3 Å². The molecule has 128 valence electrons. The number of rotatable bonds is 7. The van der Waals surface area contributed by atoms with Crippen molar-refractivity contribution in [2.75, 3.05) is 0 Å². The number of pyridine rings is 1. The third-order valence-corrected chi connectivity index (χ3v) is 5.69. The Morgan fingerprint density at radius 2 is 2.17 bits per heavy atom. The zero-order valence-electron chi connectivity index (χ0n) is 13.8.